The van der Waals surface area contributed by atoms with E-state index in [1.807, 2.05) is 30.5 Å². The van der Waals surface area contributed by atoms with E-state index in [2.05, 4.69) is 51.7 Å². The molecule has 0 unspecified atom stereocenters. The van der Waals surface area contributed by atoms with E-state index in [1.165, 1.54) is 16.9 Å². The molecule has 0 aliphatic carbocycles. The molecular formula is C24H21N5OS. The number of aromatic hydroxyl groups is 1. The van der Waals surface area contributed by atoms with Gasteiger partial charge in [-0.25, -0.2) is 4.98 Å². The number of para-hydroxylation sites is 1. The molecule has 3 heterocycles. The van der Waals surface area contributed by atoms with Gasteiger partial charge in [0, 0.05) is 22.1 Å². The van der Waals surface area contributed by atoms with E-state index in [0.29, 0.717) is 10.9 Å². The average molecular weight is 428 g/mol. The Morgan fingerprint density at radius 1 is 1.16 bits per heavy atom. The van der Waals surface area contributed by atoms with Crippen molar-refractivity contribution in [1.82, 2.24) is 15.2 Å². The Morgan fingerprint density at radius 2 is 2.03 bits per heavy atom. The van der Waals surface area contributed by atoms with Crippen molar-refractivity contribution in [3.05, 3.63) is 77.5 Å². The number of aromatic amines is 1. The molecule has 7 heteroatoms. The third-order valence-corrected chi connectivity index (χ3v) is 7.30. The third-order valence-electron chi connectivity index (χ3n) is 6.45. The summed E-state index contributed by atoms with van der Waals surface area (Å²) in [6, 6.07) is 18.2. The molecule has 0 radical (unpaired) electrons. The van der Waals surface area contributed by atoms with E-state index in [4.69, 9.17) is 5.73 Å². The van der Waals surface area contributed by atoms with Crippen LogP contribution in [0.5, 0.6) is 5.75 Å². The van der Waals surface area contributed by atoms with Crippen LogP contribution in [0, 0.1) is 0 Å². The van der Waals surface area contributed by atoms with Crippen molar-refractivity contribution in [3.8, 4) is 5.75 Å². The Balaban J connectivity index is 1.57. The first-order valence-corrected chi connectivity index (χ1v) is 11.0. The highest BCUT2D eigenvalue weighted by atomic mass is 32.1. The Bertz CT molecular complexity index is 1460. The zero-order chi connectivity index (χ0) is 21.2. The largest absolute Gasteiger partial charge is 0.508 e. The van der Waals surface area contributed by atoms with Gasteiger partial charge in [0.1, 0.15) is 5.75 Å². The predicted octanol–water partition coefficient (Wildman–Crippen LogP) is 5.32. The van der Waals surface area contributed by atoms with Crippen LogP contribution in [0.25, 0.3) is 21.1 Å². The second-order valence-electron chi connectivity index (χ2n) is 8.35. The standard InChI is InChI=1S/C24H21N5OS/c1-24(15-4-2-3-5-20(15)30)11-19(13-6-7-17-21(10-13)31-23(25)28-17)27-18-9-8-16-14(22(18)24)12-26-29-16/h2-10,12,19,27,30H,11H2,1H3,(H2,25,28)(H,26,29)/t19-,24+/m1/s1. The molecule has 2 aromatic heterocycles. The normalized spacial score (nSPS) is 20.6. The van der Waals surface area contributed by atoms with Crippen molar-refractivity contribution in [2.45, 2.75) is 24.8 Å². The first kappa shape index (κ1) is 18.2. The molecule has 0 saturated heterocycles. The van der Waals surface area contributed by atoms with Crippen LogP contribution in [0.4, 0.5) is 10.8 Å². The van der Waals surface area contributed by atoms with Gasteiger partial charge < -0.3 is 16.2 Å². The van der Waals surface area contributed by atoms with E-state index < -0.39 is 5.41 Å². The molecule has 3 aromatic carbocycles. The maximum Gasteiger partial charge on any atom is 0.181 e. The summed E-state index contributed by atoms with van der Waals surface area (Å²) in [5.41, 5.74) is 11.7. The summed E-state index contributed by atoms with van der Waals surface area (Å²) in [6.45, 7) is 2.21. The van der Waals surface area contributed by atoms with Gasteiger partial charge in [-0.1, -0.05) is 42.5 Å². The Hall–Kier alpha value is -3.58. The molecule has 1 aliphatic rings. The minimum absolute atomic E-state index is 0.0641. The number of nitrogens with one attached hydrogen (secondary N) is 2. The maximum absolute atomic E-state index is 10.8. The number of phenols is 1. The van der Waals surface area contributed by atoms with Gasteiger partial charge >= 0.3 is 0 Å². The molecule has 0 fully saturated rings. The number of fused-ring (bicyclic) bond motifs is 4. The molecule has 154 valence electrons. The average Bonchev–Trinajstić information content (AvgIpc) is 3.38. The highest BCUT2D eigenvalue weighted by molar-refractivity contribution is 7.22. The van der Waals surface area contributed by atoms with Gasteiger partial charge in [0.15, 0.2) is 5.13 Å². The topological polar surface area (TPSA) is 99.9 Å². The summed E-state index contributed by atoms with van der Waals surface area (Å²) < 4.78 is 1.08. The summed E-state index contributed by atoms with van der Waals surface area (Å²) >= 11 is 1.50. The Kier molecular flexibility index (Phi) is 3.79. The maximum atomic E-state index is 10.8. The minimum Gasteiger partial charge on any atom is -0.508 e. The van der Waals surface area contributed by atoms with E-state index in [9.17, 15) is 5.11 Å². The number of H-pyrrole nitrogens is 1. The van der Waals surface area contributed by atoms with Gasteiger partial charge in [-0.15, -0.1) is 0 Å². The molecule has 31 heavy (non-hydrogen) atoms. The molecule has 0 spiro atoms. The molecule has 0 bridgehead atoms. The summed E-state index contributed by atoms with van der Waals surface area (Å²) in [7, 11) is 0. The molecule has 0 amide bonds. The number of aromatic nitrogens is 3. The van der Waals surface area contributed by atoms with Crippen molar-refractivity contribution >= 4 is 43.3 Å². The van der Waals surface area contributed by atoms with E-state index in [-0.39, 0.29) is 6.04 Å². The number of benzene rings is 3. The second-order valence-corrected chi connectivity index (χ2v) is 9.41. The van der Waals surface area contributed by atoms with E-state index in [1.54, 1.807) is 6.07 Å². The fourth-order valence-corrected chi connectivity index (χ4v) is 5.83. The highest BCUT2D eigenvalue weighted by Gasteiger charge is 2.41. The summed E-state index contributed by atoms with van der Waals surface area (Å²) in [4.78, 5) is 4.38. The van der Waals surface area contributed by atoms with E-state index in [0.717, 1.165) is 44.4 Å². The van der Waals surface area contributed by atoms with Crippen molar-refractivity contribution in [2.75, 3.05) is 11.1 Å². The summed E-state index contributed by atoms with van der Waals surface area (Å²) in [5.74, 6) is 0.308. The lowest BCUT2D eigenvalue weighted by atomic mass is 9.67. The molecule has 2 atom stereocenters. The van der Waals surface area contributed by atoms with Crippen LogP contribution in [-0.2, 0) is 5.41 Å². The van der Waals surface area contributed by atoms with Crippen molar-refractivity contribution in [1.29, 1.82) is 0 Å². The first-order chi connectivity index (χ1) is 15.0. The number of nitrogens with zero attached hydrogens (tertiary/aromatic N) is 2. The zero-order valence-electron chi connectivity index (χ0n) is 16.9. The lowest BCUT2D eigenvalue weighted by Gasteiger charge is -2.42. The molecule has 6 nitrogen and oxygen atoms in total. The molecular weight excluding hydrogens is 406 g/mol. The number of phenolic OH excluding ortho intramolecular Hbond substituents is 1. The summed E-state index contributed by atoms with van der Waals surface area (Å²) in [6.07, 6.45) is 2.65. The fraction of sp³-hybridized carbons (Fsp3) is 0.167. The number of hydrogen-bond donors (Lipinski definition) is 4. The fourth-order valence-electron chi connectivity index (χ4n) is 5.04. The number of nitrogen functional groups attached to an aromatic ring is 1. The van der Waals surface area contributed by atoms with Gasteiger partial charge in [0.05, 0.1) is 28.0 Å². The monoisotopic (exact) mass is 427 g/mol. The van der Waals surface area contributed by atoms with Gasteiger partial charge in [-0.2, -0.15) is 5.10 Å². The number of thiazole rings is 1. The van der Waals surface area contributed by atoms with Gasteiger partial charge in [0.25, 0.3) is 0 Å². The number of hydrogen-bond acceptors (Lipinski definition) is 6. The van der Waals surface area contributed by atoms with Crippen LogP contribution in [0.2, 0.25) is 0 Å². The lowest BCUT2D eigenvalue weighted by Crippen LogP contribution is -2.35. The Morgan fingerprint density at radius 3 is 2.90 bits per heavy atom. The molecule has 5 aromatic rings. The van der Waals surface area contributed by atoms with Gasteiger partial charge in [-0.05, 0) is 47.9 Å². The quantitative estimate of drug-likeness (QED) is 0.305. The van der Waals surface area contributed by atoms with Gasteiger partial charge in [-0.3, -0.25) is 5.10 Å². The summed E-state index contributed by atoms with van der Waals surface area (Å²) in [5, 5.41) is 23.6. The van der Waals surface area contributed by atoms with Crippen LogP contribution in [0.15, 0.2) is 60.8 Å². The first-order valence-electron chi connectivity index (χ1n) is 10.2. The van der Waals surface area contributed by atoms with Crippen molar-refractivity contribution < 1.29 is 5.11 Å². The van der Waals surface area contributed by atoms with Crippen LogP contribution >= 0.6 is 11.3 Å². The highest BCUT2D eigenvalue weighted by Crippen LogP contribution is 2.52. The molecule has 5 N–H and O–H groups in total. The Labute approximate surface area is 182 Å². The van der Waals surface area contributed by atoms with Gasteiger partial charge in [0.2, 0.25) is 0 Å². The number of anilines is 2. The second kappa shape index (κ2) is 6.46. The minimum atomic E-state index is -0.415. The van der Waals surface area contributed by atoms with Crippen LogP contribution in [0.1, 0.15) is 36.1 Å². The number of rotatable bonds is 2. The SMILES string of the molecule is C[C@@]1(c2ccccc2O)C[C@H](c2ccc3nc(N)sc3c2)Nc2ccc3[nH]ncc3c21. The van der Waals surface area contributed by atoms with Crippen LogP contribution < -0.4 is 11.1 Å². The number of nitrogens with two attached hydrogens (primary N) is 1. The van der Waals surface area contributed by atoms with Crippen LogP contribution in [-0.4, -0.2) is 20.3 Å². The van der Waals surface area contributed by atoms with Crippen molar-refractivity contribution in [2.24, 2.45) is 0 Å². The lowest BCUT2D eigenvalue weighted by molar-refractivity contribution is 0.417. The molecule has 1 aliphatic heterocycles. The molecule has 6 rings (SSSR count). The van der Waals surface area contributed by atoms with Crippen LogP contribution in [0.3, 0.4) is 0 Å². The van der Waals surface area contributed by atoms with Crippen molar-refractivity contribution in [3.63, 3.8) is 0 Å². The van der Waals surface area contributed by atoms with E-state index >= 15 is 0 Å². The smallest absolute Gasteiger partial charge is 0.181 e. The molecule has 0 saturated carbocycles. The zero-order valence-corrected chi connectivity index (χ0v) is 17.7. The third kappa shape index (κ3) is 2.70. The predicted molar refractivity (Wildman–Crippen MR) is 126 cm³/mol.